The molecule has 90 valence electrons. The lowest BCUT2D eigenvalue weighted by molar-refractivity contribution is -0.127. The molecule has 1 atom stereocenters. The molecule has 1 unspecified atom stereocenters. The number of nitriles is 1. The first-order valence-corrected chi connectivity index (χ1v) is 5.77. The molecule has 1 rings (SSSR count). The van der Waals surface area contributed by atoms with Crippen LogP contribution in [0.4, 0.5) is 0 Å². The molecular weight excluding hydrogens is 212 g/mol. The highest BCUT2D eigenvalue weighted by molar-refractivity contribution is 5.84. The maximum Gasteiger partial charge on any atom is 0.240 e. The summed E-state index contributed by atoms with van der Waals surface area (Å²) < 4.78 is 0. The first kappa shape index (κ1) is 13.2. The Balaban J connectivity index is 2.63. The van der Waals surface area contributed by atoms with E-state index in [9.17, 15) is 4.79 Å². The summed E-state index contributed by atoms with van der Waals surface area (Å²) in [6, 6.07) is 10.0. The number of nitrogens with one attached hydrogen (secondary N) is 1. The van der Waals surface area contributed by atoms with E-state index in [1.165, 1.54) is 0 Å². The monoisotopic (exact) mass is 230 g/mol. The van der Waals surface area contributed by atoms with Gasteiger partial charge in [0.25, 0.3) is 0 Å². The summed E-state index contributed by atoms with van der Waals surface area (Å²) in [5.74, 6) is -0.205. The molecule has 1 aromatic rings. The van der Waals surface area contributed by atoms with Gasteiger partial charge in [0.1, 0.15) is 5.41 Å². The first-order valence-electron chi connectivity index (χ1n) is 5.77. The highest BCUT2D eigenvalue weighted by Crippen LogP contribution is 2.19. The van der Waals surface area contributed by atoms with Gasteiger partial charge in [-0.05, 0) is 25.8 Å². The number of carbonyl (C=O) groups excluding carboxylic acids is 1. The van der Waals surface area contributed by atoms with Gasteiger partial charge in [-0.2, -0.15) is 5.26 Å². The second kappa shape index (κ2) is 5.49. The van der Waals surface area contributed by atoms with Crippen molar-refractivity contribution in [3.05, 3.63) is 35.4 Å². The highest BCUT2D eigenvalue weighted by Gasteiger charge is 2.30. The van der Waals surface area contributed by atoms with E-state index in [-0.39, 0.29) is 5.91 Å². The van der Waals surface area contributed by atoms with Gasteiger partial charge in [-0.15, -0.1) is 0 Å². The van der Waals surface area contributed by atoms with Crippen LogP contribution in [0, 0.1) is 23.7 Å². The minimum atomic E-state index is -0.927. The van der Waals surface area contributed by atoms with Gasteiger partial charge < -0.3 is 5.32 Å². The molecule has 1 amide bonds. The third-order valence-corrected chi connectivity index (χ3v) is 2.99. The van der Waals surface area contributed by atoms with Gasteiger partial charge in [0, 0.05) is 6.54 Å². The second-order valence-electron chi connectivity index (χ2n) is 4.47. The number of hydrogen-bond donors (Lipinski definition) is 1. The van der Waals surface area contributed by atoms with Crippen LogP contribution in [0.1, 0.15) is 31.4 Å². The largest absolute Gasteiger partial charge is 0.351 e. The minimum absolute atomic E-state index is 0.205. The fourth-order valence-electron chi connectivity index (χ4n) is 1.49. The lowest BCUT2D eigenvalue weighted by Crippen LogP contribution is -2.37. The number of aryl methyl sites for hydroxylation is 1. The van der Waals surface area contributed by atoms with E-state index >= 15 is 0 Å². The Morgan fingerprint density at radius 1 is 1.53 bits per heavy atom. The van der Waals surface area contributed by atoms with Gasteiger partial charge in [0.15, 0.2) is 0 Å². The molecule has 0 aromatic heterocycles. The van der Waals surface area contributed by atoms with E-state index in [2.05, 4.69) is 11.4 Å². The zero-order chi connectivity index (χ0) is 12.9. The highest BCUT2D eigenvalue weighted by atomic mass is 16.2. The Morgan fingerprint density at radius 2 is 2.24 bits per heavy atom. The lowest BCUT2D eigenvalue weighted by atomic mass is 9.88. The van der Waals surface area contributed by atoms with Gasteiger partial charge in [0.05, 0.1) is 6.07 Å². The van der Waals surface area contributed by atoms with Crippen LogP contribution in [0.3, 0.4) is 0 Å². The Bertz CT molecular complexity index is 448. The van der Waals surface area contributed by atoms with E-state index in [0.717, 1.165) is 11.1 Å². The van der Waals surface area contributed by atoms with Crippen molar-refractivity contribution >= 4 is 5.91 Å². The lowest BCUT2D eigenvalue weighted by Gasteiger charge is -2.18. The smallest absolute Gasteiger partial charge is 0.240 e. The molecule has 1 N–H and O–H groups in total. The number of benzene rings is 1. The maximum absolute atomic E-state index is 11.9. The van der Waals surface area contributed by atoms with Gasteiger partial charge in [-0.3, -0.25) is 4.79 Å². The molecule has 3 heteroatoms. The van der Waals surface area contributed by atoms with Gasteiger partial charge in [0.2, 0.25) is 5.91 Å². The number of hydrogen-bond acceptors (Lipinski definition) is 2. The summed E-state index contributed by atoms with van der Waals surface area (Å²) in [5, 5.41) is 11.8. The summed E-state index contributed by atoms with van der Waals surface area (Å²) in [4.78, 5) is 11.9. The molecule has 0 saturated carbocycles. The second-order valence-corrected chi connectivity index (χ2v) is 4.47. The van der Waals surface area contributed by atoms with Crippen molar-refractivity contribution in [3.8, 4) is 6.07 Å². The third-order valence-electron chi connectivity index (χ3n) is 2.99. The molecule has 0 aliphatic carbocycles. The summed E-state index contributed by atoms with van der Waals surface area (Å²) in [7, 11) is 0. The van der Waals surface area contributed by atoms with Crippen LogP contribution in [-0.4, -0.2) is 5.91 Å². The van der Waals surface area contributed by atoms with Crippen LogP contribution in [0.25, 0.3) is 0 Å². The summed E-state index contributed by atoms with van der Waals surface area (Å²) in [5.41, 5.74) is 1.29. The van der Waals surface area contributed by atoms with E-state index in [4.69, 9.17) is 5.26 Å². The fraction of sp³-hybridized carbons (Fsp3) is 0.429. The Morgan fingerprint density at radius 3 is 2.76 bits per heavy atom. The van der Waals surface area contributed by atoms with Gasteiger partial charge in [-0.25, -0.2) is 0 Å². The number of amides is 1. The van der Waals surface area contributed by atoms with Crippen LogP contribution in [0.15, 0.2) is 24.3 Å². The minimum Gasteiger partial charge on any atom is -0.351 e. The van der Waals surface area contributed by atoms with Gasteiger partial charge >= 0.3 is 0 Å². The van der Waals surface area contributed by atoms with Crippen LogP contribution >= 0.6 is 0 Å². The summed E-state index contributed by atoms with van der Waals surface area (Å²) in [6.45, 7) is 5.99. The summed E-state index contributed by atoms with van der Waals surface area (Å²) in [6.07, 6.45) is 0.517. The van der Waals surface area contributed by atoms with Crippen LogP contribution in [0.5, 0.6) is 0 Å². The topological polar surface area (TPSA) is 52.9 Å². The zero-order valence-electron chi connectivity index (χ0n) is 10.6. The maximum atomic E-state index is 11.9. The van der Waals surface area contributed by atoms with Gasteiger partial charge in [-0.1, -0.05) is 36.8 Å². The van der Waals surface area contributed by atoms with Crippen molar-refractivity contribution in [2.24, 2.45) is 5.41 Å². The van der Waals surface area contributed by atoms with E-state index in [1.807, 2.05) is 38.1 Å². The molecule has 17 heavy (non-hydrogen) atoms. The summed E-state index contributed by atoms with van der Waals surface area (Å²) >= 11 is 0. The standard InChI is InChI=1S/C14H18N2O/c1-4-14(3,10-15)13(17)16-9-12-7-5-6-11(2)8-12/h5-8H,4,9H2,1-3H3,(H,16,17). The first-order chi connectivity index (χ1) is 8.01. The molecule has 0 saturated heterocycles. The van der Waals surface area contributed by atoms with E-state index in [0.29, 0.717) is 13.0 Å². The zero-order valence-corrected chi connectivity index (χ0v) is 10.6. The molecule has 0 aliphatic heterocycles. The fourth-order valence-corrected chi connectivity index (χ4v) is 1.49. The molecule has 0 fully saturated rings. The average molecular weight is 230 g/mol. The predicted octanol–water partition coefficient (Wildman–Crippen LogP) is 2.55. The Labute approximate surface area is 102 Å². The molecular formula is C14H18N2O. The molecule has 3 nitrogen and oxygen atoms in total. The van der Waals surface area contributed by atoms with Crippen molar-refractivity contribution in [1.29, 1.82) is 5.26 Å². The molecule has 0 aliphatic rings. The number of rotatable bonds is 4. The average Bonchev–Trinajstić information content (AvgIpc) is 2.35. The Hall–Kier alpha value is -1.82. The Kier molecular flexibility index (Phi) is 4.28. The quantitative estimate of drug-likeness (QED) is 0.864. The van der Waals surface area contributed by atoms with Crippen molar-refractivity contribution in [3.63, 3.8) is 0 Å². The molecule has 0 spiro atoms. The van der Waals surface area contributed by atoms with Crippen molar-refractivity contribution in [1.82, 2.24) is 5.32 Å². The van der Waals surface area contributed by atoms with Crippen molar-refractivity contribution < 1.29 is 4.79 Å². The van der Waals surface area contributed by atoms with Crippen LogP contribution in [0.2, 0.25) is 0 Å². The van der Waals surface area contributed by atoms with Crippen molar-refractivity contribution in [2.75, 3.05) is 0 Å². The molecule has 0 radical (unpaired) electrons. The number of carbonyl (C=O) groups is 1. The third kappa shape index (κ3) is 3.32. The number of nitrogens with zero attached hydrogens (tertiary/aromatic N) is 1. The van der Waals surface area contributed by atoms with E-state index in [1.54, 1.807) is 6.92 Å². The van der Waals surface area contributed by atoms with E-state index < -0.39 is 5.41 Å². The molecule has 1 aromatic carbocycles. The SMILES string of the molecule is CCC(C)(C#N)C(=O)NCc1cccc(C)c1. The molecule has 0 heterocycles. The molecule has 0 bridgehead atoms. The predicted molar refractivity (Wildman–Crippen MR) is 67.0 cm³/mol. The van der Waals surface area contributed by atoms with Crippen LogP contribution < -0.4 is 5.32 Å². The normalized spacial score (nSPS) is 13.5. The van der Waals surface area contributed by atoms with Crippen LogP contribution in [-0.2, 0) is 11.3 Å². The van der Waals surface area contributed by atoms with Crippen molar-refractivity contribution in [2.45, 2.75) is 33.7 Å².